The van der Waals surface area contributed by atoms with E-state index in [0.29, 0.717) is 12.5 Å². The molecule has 0 atom stereocenters. The molecule has 1 amide bonds. The number of aryl methyl sites for hydroxylation is 1. The molecule has 2 aromatic carbocycles. The van der Waals surface area contributed by atoms with E-state index in [0.717, 1.165) is 25.7 Å². The van der Waals surface area contributed by atoms with E-state index in [1.165, 1.54) is 40.5 Å². The molecule has 2 nitrogen and oxygen atoms in total. The van der Waals surface area contributed by atoms with Crippen LogP contribution in [0.4, 0.5) is 0 Å². The van der Waals surface area contributed by atoms with E-state index in [1.54, 1.807) is 0 Å². The van der Waals surface area contributed by atoms with E-state index in [2.05, 4.69) is 64.7 Å². The number of rotatable bonds is 6. The van der Waals surface area contributed by atoms with Crippen molar-refractivity contribution in [3.05, 3.63) is 64.9 Å². The lowest BCUT2D eigenvalue weighted by Gasteiger charge is -2.22. The zero-order chi connectivity index (χ0) is 18.5. The third-order valence-electron chi connectivity index (χ3n) is 5.68. The van der Waals surface area contributed by atoms with Crippen molar-refractivity contribution in [2.75, 3.05) is 0 Å². The predicted octanol–water partition coefficient (Wildman–Crippen LogP) is 6.01. The Hall–Kier alpha value is -2.00. The van der Waals surface area contributed by atoms with Crippen LogP contribution in [0.2, 0.25) is 0 Å². The molecule has 0 bridgehead atoms. The first-order chi connectivity index (χ1) is 13.3. The second-order valence-corrected chi connectivity index (χ2v) is 9.60. The fourth-order valence-electron chi connectivity index (χ4n) is 4.20. The van der Waals surface area contributed by atoms with Crippen molar-refractivity contribution >= 4 is 27.6 Å². The van der Waals surface area contributed by atoms with Crippen LogP contribution in [0.15, 0.2) is 64.3 Å². The number of carbonyl (C=O) groups excluding carboxylic acids is 1. The lowest BCUT2D eigenvalue weighted by molar-refractivity contribution is -0.122. The zero-order valence-electron chi connectivity index (χ0n) is 15.9. The largest absolute Gasteiger partial charge is 0.353 e. The fourth-order valence-corrected chi connectivity index (χ4v) is 5.73. The average Bonchev–Trinajstić information content (AvgIpc) is 3.23. The molecule has 0 unspecified atom stereocenters. The van der Waals surface area contributed by atoms with Crippen LogP contribution >= 0.6 is 10.9 Å². The van der Waals surface area contributed by atoms with E-state index in [4.69, 9.17) is 0 Å². The lowest BCUT2D eigenvalue weighted by Crippen LogP contribution is -2.36. The van der Waals surface area contributed by atoms with Crippen LogP contribution in [0, 0.1) is 0 Å². The molecule has 1 aliphatic heterocycles. The van der Waals surface area contributed by atoms with E-state index in [-0.39, 0.29) is 16.8 Å². The van der Waals surface area contributed by atoms with Crippen molar-refractivity contribution in [1.29, 1.82) is 0 Å². The van der Waals surface area contributed by atoms with Gasteiger partial charge in [-0.1, -0.05) is 55.7 Å². The van der Waals surface area contributed by atoms with Crippen molar-refractivity contribution in [1.82, 2.24) is 5.32 Å². The summed E-state index contributed by atoms with van der Waals surface area (Å²) >= 11 is 0. The Morgan fingerprint density at radius 1 is 1.04 bits per heavy atom. The molecular weight excluding hydrogens is 350 g/mol. The molecule has 0 saturated heterocycles. The monoisotopic (exact) mass is 379 g/mol. The maximum absolute atomic E-state index is 12.3. The first kappa shape index (κ1) is 18.4. The van der Waals surface area contributed by atoms with Gasteiger partial charge in [-0.05, 0) is 69.9 Å². The number of benzene rings is 2. The Labute approximate surface area is 165 Å². The van der Waals surface area contributed by atoms with Gasteiger partial charge in [-0.3, -0.25) is 4.79 Å². The molecule has 0 aromatic heterocycles. The van der Waals surface area contributed by atoms with Gasteiger partial charge in [-0.2, -0.15) is 10.9 Å². The number of hydrogen-bond acceptors (Lipinski definition) is 1. The van der Waals surface area contributed by atoms with Gasteiger partial charge in [0.2, 0.25) is 5.91 Å². The normalized spacial score (nSPS) is 18.3. The smallest absolute Gasteiger partial charge is 0.220 e. The van der Waals surface area contributed by atoms with E-state index in [9.17, 15) is 4.79 Å². The topological polar surface area (TPSA) is 29.1 Å². The van der Waals surface area contributed by atoms with Crippen molar-refractivity contribution in [2.24, 2.45) is 0 Å². The third kappa shape index (κ3) is 4.65. The highest BCUT2D eigenvalue weighted by Gasteiger charge is 2.15. The quantitative estimate of drug-likeness (QED) is 0.591. The van der Waals surface area contributed by atoms with Crippen LogP contribution in [0.5, 0.6) is 0 Å². The summed E-state index contributed by atoms with van der Waals surface area (Å²) in [4.78, 5) is 13.7. The van der Waals surface area contributed by atoms with Gasteiger partial charge in [0, 0.05) is 12.5 Å². The molecule has 3 heteroatoms. The predicted molar refractivity (Wildman–Crippen MR) is 117 cm³/mol. The number of amides is 1. The van der Waals surface area contributed by atoms with Crippen molar-refractivity contribution in [3.63, 3.8) is 0 Å². The minimum absolute atomic E-state index is 0.229. The summed E-state index contributed by atoms with van der Waals surface area (Å²) in [6, 6.07) is 13.8. The second kappa shape index (κ2) is 8.79. The minimum Gasteiger partial charge on any atom is -0.353 e. The number of hydrogen-bond donors (Lipinski definition) is 2. The molecule has 0 radical (unpaired) electrons. The zero-order valence-corrected chi connectivity index (χ0v) is 16.8. The van der Waals surface area contributed by atoms with Gasteiger partial charge in [0.1, 0.15) is 0 Å². The van der Waals surface area contributed by atoms with E-state index in [1.807, 2.05) is 0 Å². The van der Waals surface area contributed by atoms with E-state index < -0.39 is 0 Å². The van der Waals surface area contributed by atoms with Crippen LogP contribution in [0.25, 0.3) is 10.8 Å². The summed E-state index contributed by atoms with van der Waals surface area (Å²) in [5.74, 6) is 0.229. The third-order valence-corrected chi connectivity index (χ3v) is 7.54. The molecule has 27 heavy (non-hydrogen) atoms. The van der Waals surface area contributed by atoms with Crippen LogP contribution in [-0.4, -0.2) is 11.9 Å². The highest BCUT2D eigenvalue weighted by molar-refractivity contribution is 8.22. The number of fused-ring (bicyclic) bond motifs is 1. The van der Waals surface area contributed by atoms with Crippen LogP contribution < -0.4 is 5.32 Å². The molecule has 1 aliphatic carbocycles. The van der Waals surface area contributed by atoms with Gasteiger partial charge in [0.25, 0.3) is 0 Å². The summed E-state index contributed by atoms with van der Waals surface area (Å²) < 4.78 is 0. The Kier molecular flexibility index (Phi) is 5.98. The molecule has 0 spiro atoms. The van der Waals surface area contributed by atoms with Crippen molar-refractivity contribution in [2.45, 2.75) is 62.3 Å². The summed E-state index contributed by atoms with van der Waals surface area (Å²) in [7, 11) is -0.284. The SMILES string of the molecule is O=C(CCCc1cccc2ccc([SH]3C=CC=C3)cc12)NC1CCCCC1. The Balaban J connectivity index is 1.39. The second-order valence-electron chi connectivity index (χ2n) is 7.67. The van der Waals surface area contributed by atoms with E-state index >= 15 is 0 Å². The number of nitrogens with one attached hydrogen (secondary N) is 1. The molecule has 1 heterocycles. The number of allylic oxidation sites excluding steroid dienone is 2. The Morgan fingerprint density at radius 2 is 1.85 bits per heavy atom. The molecule has 1 N–H and O–H groups in total. The first-order valence-electron chi connectivity index (χ1n) is 10.2. The van der Waals surface area contributed by atoms with Crippen LogP contribution in [0.3, 0.4) is 0 Å². The maximum Gasteiger partial charge on any atom is 0.220 e. The molecule has 1 saturated carbocycles. The molecule has 1 fully saturated rings. The first-order valence-corrected chi connectivity index (χ1v) is 11.7. The molecule has 142 valence electrons. The van der Waals surface area contributed by atoms with Crippen LogP contribution in [0.1, 0.15) is 50.5 Å². The summed E-state index contributed by atoms with van der Waals surface area (Å²) in [5, 5.41) is 10.5. The van der Waals surface area contributed by atoms with Gasteiger partial charge in [-0.25, -0.2) is 0 Å². The highest BCUT2D eigenvalue weighted by atomic mass is 32.2. The Morgan fingerprint density at radius 3 is 2.67 bits per heavy atom. The van der Waals surface area contributed by atoms with Gasteiger partial charge in [0.05, 0.1) is 0 Å². The van der Waals surface area contributed by atoms with Gasteiger partial charge >= 0.3 is 0 Å². The van der Waals surface area contributed by atoms with Crippen LogP contribution in [-0.2, 0) is 11.2 Å². The van der Waals surface area contributed by atoms with Gasteiger partial charge < -0.3 is 5.32 Å². The molecule has 2 aliphatic rings. The number of carbonyl (C=O) groups is 1. The van der Waals surface area contributed by atoms with Crippen molar-refractivity contribution < 1.29 is 4.79 Å². The van der Waals surface area contributed by atoms with Gasteiger partial charge in [0.15, 0.2) is 0 Å². The fraction of sp³-hybridized carbons (Fsp3) is 0.375. The minimum atomic E-state index is -0.284. The summed E-state index contributed by atoms with van der Waals surface area (Å²) in [5.41, 5.74) is 1.36. The maximum atomic E-state index is 12.3. The molecule has 2 aromatic rings. The van der Waals surface area contributed by atoms with Crippen molar-refractivity contribution in [3.8, 4) is 0 Å². The van der Waals surface area contributed by atoms with Gasteiger partial charge in [-0.15, -0.1) is 0 Å². The Bertz CT molecular complexity index is 852. The molecular formula is C24H29NOS. The average molecular weight is 380 g/mol. The molecule has 4 rings (SSSR count). The highest BCUT2D eigenvalue weighted by Crippen LogP contribution is 2.43. The summed E-state index contributed by atoms with van der Waals surface area (Å²) in [6.45, 7) is 0. The number of thiol groups is 1. The lowest BCUT2D eigenvalue weighted by atomic mass is 9.95. The standard InChI is InChI=1S/C24H29NOS/c26-24(25-21-11-2-1-3-12-21)13-7-10-19-8-6-9-20-14-15-22(18-23(19)20)27-16-4-5-17-27/h4-6,8-9,14-18,21,27H,1-3,7,10-13H2,(H,25,26). The summed E-state index contributed by atoms with van der Waals surface area (Å²) in [6.07, 6.45) is 13.0.